The maximum Gasteiger partial charge on any atom is 0.219 e. The smallest absolute Gasteiger partial charge is 0.219 e. The van der Waals surface area contributed by atoms with Gasteiger partial charge in [-0.3, -0.25) is 4.79 Å². The van der Waals surface area contributed by atoms with Crippen LogP contribution in [0, 0.1) is 0 Å². The number of nitrogen functional groups attached to an aromatic ring is 1. The Bertz CT molecular complexity index is 315. The highest BCUT2D eigenvalue weighted by molar-refractivity contribution is 5.74. The molecule has 0 atom stereocenters. The lowest BCUT2D eigenvalue weighted by Crippen LogP contribution is -2.16. The molecule has 0 aliphatic carbocycles. The van der Waals surface area contributed by atoms with Gasteiger partial charge in [0, 0.05) is 19.0 Å². The van der Waals surface area contributed by atoms with Gasteiger partial charge in [-0.05, 0) is 0 Å². The summed E-state index contributed by atoms with van der Waals surface area (Å²) in [6, 6.07) is 1.63. The standard InChI is InChI=1S/C7H12N6O/c8-5(14)1-2-10-6-3-7(13-9)12-4-11-6/h3-4H,1-2,9H2,(H2,8,14)(H2,10,11,12,13). The van der Waals surface area contributed by atoms with E-state index in [-0.39, 0.29) is 12.3 Å². The fraction of sp³-hybridized carbons (Fsp3) is 0.286. The minimum absolute atomic E-state index is 0.259. The molecule has 14 heavy (non-hydrogen) atoms. The number of amides is 1. The van der Waals surface area contributed by atoms with Crippen LogP contribution >= 0.6 is 0 Å². The number of carbonyl (C=O) groups excluding carboxylic acids is 1. The van der Waals surface area contributed by atoms with Crippen LogP contribution < -0.4 is 22.3 Å². The largest absolute Gasteiger partial charge is 0.370 e. The van der Waals surface area contributed by atoms with E-state index in [1.807, 2.05) is 0 Å². The predicted octanol–water partition coefficient (Wildman–Crippen LogP) is -0.951. The fourth-order valence-corrected chi connectivity index (χ4v) is 0.847. The Morgan fingerprint density at radius 1 is 1.43 bits per heavy atom. The Balaban J connectivity index is 2.46. The maximum atomic E-state index is 10.4. The predicted molar refractivity (Wildman–Crippen MR) is 52.1 cm³/mol. The van der Waals surface area contributed by atoms with E-state index in [4.69, 9.17) is 11.6 Å². The third-order valence-corrected chi connectivity index (χ3v) is 1.49. The van der Waals surface area contributed by atoms with Gasteiger partial charge in [-0.1, -0.05) is 0 Å². The van der Waals surface area contributed by atoms with E-state index in [1.54, 1.807) is 6.07 Å². The molecule has 0 saturated carbocycles. The molecular formula is C7H12N6O. The normalized spacial score (nSPS) is 9.50. The third kappa shape index (κ3) is 3.23. The number of anilines is 2. The number of hydrazine groups is 1. The van der Waals surface area contributed by atoms with Crippen LogP contribution in [0.2, 0.25) is 0 Å². The maximum absolute atomic E-state index is 10.4. The molecular weight excluding hydrogens is 184 g/mol. The van der Waals surface area contributed by atoms with Crippen molar-refractivity contribution in [2.45, 2.75) is 6.42 Å². The van der Waals surface area contributed by atoms with Gasteiger partial charge >= 0.3 is 0 Å². The zero-order valence-corrected chi connectivity index (χ0v) is 7.53. The number of nitrogens with zero attached hydrogens (tertiary/aromatic N) is 2. The molecule has 0 aliphatic heterocycles. The number of nitrogens with two attached hydrogens (primary N) is 2. The summed E-state index contributed by atoms with van der Waals surface area (Å²) in [5.74, 6) is 5.89. The first kappa shape index (κ1) is 10.2. The lowest BCUT2D eigenvalue weighted by atomic mass is 10.4. The lowest BCUT2D eigenvalue weighted by Gasteiger charge is -2.04. The minimum atomic E-state index is -0.358. The van der Waals surface area contributed by atoms with Gasteiger partial charge in [0.05, 0.1) is 0 Å². The van der Waals surface area contributed by atoms with E-state index in [0.29, 0.717) is 18.2 Å². The van der Waals surface area contributed by atoms with Crippen LogP contribution in [0.4, 0.5) is 11.6 Å². The first-order valence-electron chi connectivity index (χ1n) is 4.03. The van der Waals surface area contributed by atoms with E-state index >= 15 is 0 Å². The van der Waals surface area contributed by atoms with Crippen LogP contribution in [-0.4, -0.2) is 22.4 Å². The van der Waals surface area contributed by atoms with E-state index in [1.165, 1.54) is 6.33 Å². The van der Waals surface area contributed by atoms with E-state index < -0.39 is 0 Å². The number of hydrogen-bond donors (Lipinski definition) is 4. The number of primary amides is 1. The summed E-state index contributed by atoms with van der Waals surface area (Å²) in [6.45, 7) is 0.441. The second-order valence-corrected chi connectivity index (χ2v) is 2.58. The molecule has 1 aromatic rings. The molecule has 76 valence electrons. The molecule has 0 saturated heterocycles. The number of nitrogens with one attached hydrogen (secondary N) is 2. The lowest BCUT2D eigenvalue weighted by molar-refractivity contribution is -0.117. The zero-order valence-electron chi connectivity index (χ0n) is 7.53. The van der Waals surface area contributed by atoms with Crippen molar-refractivity contribution in [3.63, 3.8) is 0 Å². The molecule has 7 nitrogen and oxygen atoms in total. The van der Waals surface area contributed by atoms with Crippen molar-refractivity contribution in [3.05, 3.63) is 12.4 Å². The van der Waals surface area contributed by atoms with Crippen LogP contribution in [0.5, 0.6) is 0 Å². The molecule has 0 spiro atoms. The van der Waals surface area contributed by atoms with Crippen LogP contribution in [0.15, 0.2) is 12.4 Å². The summed E-state index contributed by atoms with van der Waals surface area (Å²) in [6.07, 6.45) is 1.62. The summed E-state index contributed by atoms with van der Waals surface area (Å²) < 4.78 is 0. The Morgan fingerprint density at radius 3 is 2.79 bits per heavy atom. The Hall–Kier alpha value is -1.89. The Morgan fingerprint density at radius 2 is 2.14 bits per heavy atom. The third-order valence-electron chi connectivity index (χ3n) is 1.49. The van der Waals surface area contributed by atoms with Crippen LogP contribution in [0.3, 0.4) is 0 Å². The summed E-state index contributed by atoms with van der Waals surface area (Å²) in [5.41, 5.74) is 7.35. The summed E-state index contributed by atoms with van der Waals surface area (Å²) in [5, 5.41) is 2.90. The number of aromatic nitrogens is 2. The molecule has 1 heterocycles. The van der Waals surface area contributed by atoms with Gasteiger partial charge in [0.15, 0.2) is 0 Å². The van der Waals surface area contributed by atoms with Crippen molar-refractivity contribution in [1.29, 1.82) is 0 Å². The van der Waals surface area contributed by atoms with Gasteiger partial charge in [-0.15, -0.1) is 0 Å². The average molecular weight is 196 g/mol. The Kier molecular flexibility index (Phi) is 3.62. The van der Waals surface area contributed by atoms with Gasteiger partial charge in [-0.2, -0.15) is 0 Å². The summed E-state index contributed by atoms with van der Waals surface area (Å²) in [4.78, 5) is 18.2. The van der Waals surface area contributed by atoms with Crippen LogP contribution in [0.1, 0.15) is 6.42 Å². The van der Waals surface area contributed by atoms with E-state index in [2.05, 4.69) is 20.7 Å². The SMILES string of the molecule is NNc1cc(NCCC(N)=O)ncn1. The minimum Gasteiger partial charge on any atom is -0.370 e. The van der Waals surface area contributed by atoms with Gasteiger partial charge in [-0.25, -0.2) is 15.8 Å². The average Bonchev–Trinajstić information content (AvgIpc) is 2.18. The second-order valence-electron chi connectivity index (χ2n) is 2.58. The highest BCUT2D eigenvalue weighted by atomic mass is 16.1. The van der Waals surface area contributed by atoms with Crippen LogP contribution in [-0.2, 0) is 4.79 Å². The molecule has 1 amide bonds. The fourth-order valence-electron chi connectivity index (χ4n) is 0.847. The van der Waals surface area contributed by atoms with Crippen molar-refractivity contribution in [2.24, 2.45) is 11.6 Å². The highest BCUT2D eigenvalue weighted by Crippen LogP contribution is 2.06. The summed E-state index contributed by atoms with van der Waals surface area (Å²) in [7, 11) is 0. The molecule has 0 bridgehead atoms. The van der Waals surface area contributed by atoms with Crippen molar-refractivity contribution in [2.75, 3.05) is 17.3 Å². The molecule has 1 rings (SSSR count). The molecule has 7 heteroatoms. The van der Waals surface area contributed by atoms with Gasteiger partial charge in [0.1, 0.15) is 18.0 Å². The topological polar surface area (TPSA) is 119 Å². The van der Waals surface area contributed by atoms with Crippen molar-refractivity contribution in [3.8, 4) is 0 Å². The highest BCUT2D eigenvalue weighted by Gasteiger charge is 1.97. The van der Waals surface area contributed by atoms with E-state index in [9.17, 15) is 4.79 Å². The Labute approximate surface area is 80.9 Å². The van der Waals surface area contributed by atoms with Crippen LogP contribution in [0.25, 0.3) is 0 Å². The number of carbonyl (C=O) groups is 1. The molecule has 0 aromatic carbocycles. The van der Waals surface area contributed by atoms with Crippen molar-refractivity contribution >= 4 is 17.5 Å². The zero-order chi connectivity index (χ0) is 10.4. The monoisotopic (exact) mass is 196 g/mol. The first-order chi connectivity index (χ1) is 6.72. The molecule has 0 fully saturated rings. The second kappa shape index (κ2) is 4.97. The molecule has 0 unspecified atom stereocenters. The summed E-state index contributed by atoms with van der Waals surface area (Å²) >= 11 is 0. The van der Waals surface area contributed by atoms with Gasteiger partial charge in [0.25, 0.3) is 0 Å². The molecule has 1 aromatic heterocycles. The number of hydrogen-bond acceptors (Lipinski definition) is 6. The molecule has 6 N–H and O–H groups in total. The first-order valence-corrected chi connectivity index (χ1v) is 4.03. The van der Waals surface area contributed by atoms with Crippen molar-refractivity contribution in [1.82, 2.24) is 9.97 Å². The molecule has 0 aliphatic rings. The quantitative estimate of drug-likeness (QED) is 0.356. The number of rotatable bonds is 5. The van der Waals surface area contributed by atoms with Gasteiger partial charge in [0.2, 0.25) is 5.91 Å². The van der Waals surface area contributed by atoms with Crippen molar-refractivity contribution < 1.29 is 4.79 Å². The molecule has 0 radical (unpaired) electrons. The van der Waals surface area contributed by atoms with E-state index in [0.717, 1.165) is 0 Å². The van der Waals surface area contributed by atoms with Gasteiger partial charge < -0.3 is 16.5 Å².